The molecule has 1 heterocycles. The van der Waals surface area contributed by atoms with Gasteiger partial charge >= 0.3 is 5.97 Å². The van der Waals surface area contributed by atoms with Crippen molar-refractivity contribution in [2.45, 2.75) is 39.7 Å². The summed E-state index contributed by atoms with van der Waals surface area (Å²) in [5.74, 6) is -0.165. The topological polar surface area (TPSA) is 69.6 Å². The molecule has 5 nitrogen and oxygen atoms in total. The van der Waals surface area contributed by atoms with Crippen molar-refractivity contribution in [2.75, 3.05) is 19.6 Å². The number of nitrogens with zero attached hydrogens (tertiary/aromatic N) is 1. The molecule has 1 aliphatic rings. The zero-order valence-corrected chi connectivity index (χ0v) is 12.6. The highest BCUT2D eigenvalue weighted by molar-refractivity contribution is 5.74. The van der Waals surface area contributed by atoms with E-state index in [1.807, 2.05) is 17.9 Å². The molecule has 0 saturated carbocycles. The lowest BCUT2D eigenvalue weighted by atomic mass is 10.0. The maximum atomic E-state index is 11.4. The van der Waals surface area contributed by atoms with Gasteiger partial charge in [0.05, 0.1) is 0 Å². The van der Waals surface area contributed by atoms with Gasteiger partial charge in [-0.2, -0.15) is 0 Å². The van der Waals surface area contributed by atoms with Crippen LogP contribution in [0.15, 0.2) is 12.2 Å². The predicted octanol–water partition coefficient (Wildman–Crippen LogP) is 1.50. The van der Waals surface area contributed by atoms with Crippen LogP contribution >= 0.6 is 0 Å². The van der Waals surface area contributed by atoms with E-state index in [1.54, 1.807) is 0 Å². The third kappa shape index (κ3) is 4.96. The second-order valence-electron chi connectivity index (χ2n) is 5.54. The minimum absolute atomic E-state index is 0.0357. The number of aliphatic carboxylic acids is 1. The number of allylic oxidation sites excluding steroid dienone is 1. The number of carboxylic acids is 1. The quantitative estimate of drug-likeness (QED) is 0.694. The summed E-state index contributed by atoms with van der Waals surface area (Å²) in [5.41, 5.74) is 0. The summed E-state index contributed by atoms with van der Waals surface area (Å²) in [6, 6.07) is -0.400. The van der Waals surface area contributed by atoms with Crippen LogP contribution in [0.3, 0.4) is 0 Å². The number of amides is 1. The Morgan fingerprint density at radius 3 is 2.70 bits per heavy atom. The highest BCUT2D eigenvalue weighted by atomic mass is 16.4. The molecule has 1 amide bonds. The third-order valence-electron chi connectivity index (χ3n) is 3.90. The number of carbonyl (C=O) groups excluding carboxylic acids is 1. The van der Waals surface area contributed by atoms with Gasteiger partial charge in [0.1, 0.15) is 6.04 Å². The van der Waals surface area contributed by atoms with Crippen molar-refractivity contribution in [3.63, 3.8) is 0 Å². The zero-order chi connectivity index (χ0) is 15.1. The molecule has 0 aliphatic carbocycles. The molecule has 2 N–H and O–H groups in total. The minimum atomic E-state index is -0.744. The molecular formula is C15H26N2O3. The lowest BCUT2D eigenvalue weighted by Gasteiger charge is -2.26. The van der Waals surface area contributed by atoms with E-state index in [0.717, 1.165) is 19.5 Å². The first-order valence-electron chi connectivity index (χ1n) is 7.32. The highest BCUT2D eigenvalue weighted by Gasteiger charge is 2.36. The molecule has 0 unspecified atom stereocenters. The molecule has 3 atom stereocenters. The van der Waals surface area contributed by atoms with Crippen LogP contribution in [0.25, 0.3) is 0 Å². The lowest BCUT2D eigenvalue weighted by Crippen LogP contribution is -2.41. The van der Waals surface area contributed by atoms with Gasteiger partial charge in [-0.3, -0.25) is 14.5 Å². The van der Waals surface area contributed by atoms with Crippen molar-refractivity contribution in [1.29, 1.82) is 0 Å². The number of hydrogen-bond donors (Lipinski definition) is 2. The number of hydrogen-bond acceptors (Lipinski definition) is 3. The van der Waals surface area contributed by atoms with Crippen LogP contribution in [0.5, 0.6) is 0 Å². The standard InChI is InChI=1S/C15H26N2O3/c1-4-6-13-7-14(15(19)20)17(10-13)9-12(5-2)8-16-11(3)18/h4,6,12-14H,5,7-10H2,1-3H3,(H,16,18)(H,19,20)/t12-,13-,14-/m1/s1. The molecule has 114 valence electrons. The summed E-state index contributed by atoms with van der Waals surface area (Å²) in [6.07, 6.45) is 5.68. The van der Waals surface area contributed by atoms with Gasteiger partial charge in [-0.15, -0.1) is 0 Å². The van der Waals surface area contributed by atoms with Gasteiger partial charge < -0.3 is 10.4 Å². The fourth-order valence-corrected chi connectivity index (χ4v) is 2.77. The Kier molecular flexibility index (Phi) is 6.71. The van der Waals surface area contributed by atoms with Gasteiger partial charge in [0, 0.05) is 26.6 Å². The molecule has 0 aromatic rings. The summed E-state index contributed by atoms with van der Waals surface area (Å²) in [4.78, 5) is 24.4. The van der Waals surface area contributed by atoms with E-state index in [0.29, 0.717) is 24.8 Å². The predicted molar refractivity (Wildman–Crippen MR) is 78.4 cm³/mol. The maximum absolute atomic E-state index is 11.4. The van der Waals surface area contributed by atoms with Crippen molar-refractivity contribution in [1.82, 2.24) is 10.2 Å². The van der Waals surface area contributed by atoms with Crippen LogP contribution in [0, 0.1) is 11.8 Å². The molecule has 0 radical (unpaired) electrons. The smallest absolute Gasteiger partial charge is 0.320 e. The van der Waals surface area contributed by atoms with Gasteiger partial charge in [0.25, 0.3) is 0 Å². The average molecular weight is 282 g/mol. The number of carbonyl (C=O) groups is 2. The average Bonchev–Trinajstić information content (AvgIpc) is 2.77. The molecule has 20 heavy (non-hydrogen) atoms. The van der Waals surface area contributed by atoms with E-state index in [1.165, 1.54) is 6.92 Å². The summed E-state index contributed by atoms with van der Waals surface area (Å²) in [5, 5.41) is 12.2. The van der Waals surface area contributed by atoms with Crippen LogP contribution < -0.4 is 5.32 Å². The highest BCUT2D eigenvalue weighted by Crippen LogP contribution is 2.26. The van der Waals surface area contributed by atoms with E-state index in [2.05, 4.69) is 18.3 Å². The lowest BCUT2D eigenvalue weighted by molar-refractivity contribution is -0.142. The molecule has 1 fully saturated rings. The molecule has 1 saturated heterocycles. The largest absolute Gasteiger partial charge is 0.480 e. The van der Waals surface area contributed by atoms with Crippen LogP contribution in [-0.2, 0) is 9.59 Å². The summed E-state index contributed by atoms with van der Waals surface area (Å²) in [6.45, 7) is 7.67. The van der Waals surface area contributed by atoms with Gasteiger partial charge in [-0.25, -0.2) is 0 Å². The number of likely N-dealkylation sites (tertiary alicyclic amines) is 1. The van der Waals surface area contributed by atoms with Crippen molar-refractivity contribution in [2.24, 2.45) is 11.8 Å². The zero-order valence-electron chi connectivity index (χ0n) is 12.6. The molecule has 5 heteroatoms. The fraction of sp³-hybridized carbons (Fsp3) is 0.733. The number of nitrogens with one attached hydrogen (secondary N) is 1. The Bertz CT molecular complexity index is 368. The van der Waals surface area contributed by atoms with Gasteiger partial charge in [-0.05, 0) is 25.2 Å². The van der Waals surface area contributed by atoms with E-state index in [4.69, 9.17) is 0 Å². The Morgan fingerprint density at radius 2 is 2.20 bits per heavy atom. The second-order valence-corrected chi connectivity index (χ2v) is 5.54. The first-order valence-corrected chi connectivity index (χ1v) is 7.32. The Hall–Kier alpha value is -1.36. The van der Waals surface area contributed by atoms with Crippen LogP contribution in [0.2, 0.25) is 0 Å². The van der Waals surface area contributed by atoms with E-state index < -0.39 is 12.0 Å². The Balaban J connectivity index is 2.61. The monoisotopic (exact) mass is 282 g/mol. The first-order chi connectivity index (χ1) is 9.47. The van der Waals surface area contributed by atoms with Crippen molar-refractivity contribution in [3.05, 3.63) is 12.2 Å². The fourth-order valence-electron chi connectivity index (χ4n) is 2.77. The molecule has 0 spiro atoms. The first kappa shape index (κ1) is 16.7. The van der Waals surface area contributed by atoms with E-state index in [-0.39, 0.29) is 5.91 Å². The number of rotatable bonds is 7. The third-order valence-corrected chi connectivity index (χ3v) is 3.90. The molecule has 0 bridgehead atoms. The van der Waals surface area contributed by atoms with Gasteiger partial charge in [0.2, 0.25) is 5.91 Å². The number of carboxylic acid groups (broad SMARTS) is 1. The van der Waals surface area contributed by atoms with E-state index >= 15 is 0 Å². The van der Waals surface area contributed by atoms with Crippen molar-refractivity contribution in [3.8, 4) is 0 Å². The maximum Gasteiger partial charge on any atom is 0.320 e. The molecule has 0 aromatic carbocycles. The molecular weight excluding hydrogens is 256 g/mol. The van der Waals surface area contributed by atoms with Crippen LogP contribution in [0.4, 0.5) is 0 Å². The normalized spacial score (nSPS) is 24.9. The van der Waals surface area contributed by atoms with Crippen molar-refractivity contribution >= 4 is 11.9 Å². The van der Waals surface area contributed by atoms with Gasteiger partial charge in [-0.1, -0.05) is 25.5 Å². The summed E-state index contributed by atoms with van der Waals surface area (Å²) >= 11 is 0. The van der Waals surface area contributed by atoms with Gasteiger partial charge in [0.15, 0.2) is 0 Å². The minimum Gasteiger partial charge on any atom is -0.480 e. The van der Waals surface area contributed by atoms with Crippen molar-refractivity contribution < 1.29 is 14.7 Å². The summed E-state index contributed by atoms with van der Waals surface area (Å²) < 4.78 is 0. The summed E-state index contributed by atoms with van der Waals surface area (Å²) in [7, 11) is 0. The Morgan fingerprint density at radius 1 is 1.50 bits per heavy atom. The molecule has 0 aromatic heterocycles. The van der Waals surface area contributed by atoms with Crippen LogP contribution in [-0.4, -0.2) is 47.6 Å². The molecule has 1 rings (SSSR count). The second kappa shape index (κ2) is 8.04. The molecule has 1 aliphatic heterocycles. The SMILES string of the molecule is CC=C[C@@H]1C[C@H](C(=O)O)N(C[C@H](CC)CNC(C)=O)C1. The Labute approximate surface area is 121 Å². The van der Waals surface area contributed by atoms with E-state index in [9.17, 15) is 14.7 Å². The van der Waals surface area contributed by atoms with Crippen LogP contribution in [0.1, 0.15) is 33.6 Å².